The predicted octanol–water partition coefficient (Wildman–Crippen LogP) is 1.51. The van der Waals surface area contributed by atoms with Gasteiger partial charge in [-0.25, -0.2) is 12.7 Å². The molecular formula is C17H24N2O3S. The fourth-order valence-electron chi connectivity index (χ4n) is 3.37. The van der Waals surface area contributed by atoms with Crippen LogP contribution in [0.1, 0.15) is 31.2 Å². The van der Waals surface area contributed by atoms with Crippen molar-refractivity contribution in [2.24, 2.45) is 5.92 Å². The third kappa shape index (κ3) is 3.75. The summed E-state index contributed by atoms with van der Waals surface area (Å²) in [5, 5.41) is 3.07. The van der Waals surface area contributed by atoms with E-state index >= 15 is 0 Å². The molecule has 23 heavy (non-hydrogen) atoms. The van der Waals surface area contributed by atoms with E-state index in [1.807, 2.05) is 18.2 Å². The summed E-state index contributed by atoms with van der Waals surface area (Å²) in [4.78, 5) is 12.4. The van der Waals surface area contributed by atoms with Crippen molar-refractivity contribution in [2.45, 2.75) is 31.1 Å². The summed E-state index contributed by atoms with van der Waals surface area (Å²) < 4.78 is 24.7. The van der Waals surface area contributed by atoms with Crippen molar-refractivity contribution in [3.8, 4) is 0 Å². The highest BCUT2D eigenvalue weighted by molar-refractivity contribution is 7.88. The zero-order valence-corrected chi connectivity index (χ0v) is 14.3. The lowest BCUT2D eigenvalue weighted by atomic mass is 9.94. The molecule has 0 radical (unpaired) electrons. The molecule has 0 spiro atoms. The molecular weight excluding hydrogens is 312 g/mol. The van der Waals surface area contributed by atoms with Crippen molar-refractivity contribution >= 4 is 15.9 Å². The van der Waals surface area contributed by atoms with Crippen LogP contribution in [0, 0.1) is 5.92 Å². The minimum Gasteiger partial charge on any atom is -0.355 e. The lowest BCUT2D eigenvalue weighted by Gasteiger charge is -2.30. The van der Waals surface area contributed by atoms with Gasteiger partial charge in [0.1, 0.15) is 0 Å². The molecule has 1 amide bonds. The van der Waals surface area contributed by atoms with Crippen LogP contribution in [-0.2, 0) is 20.2 Å². The molecule has 6 heteroatoms. The summed E-state index contributed by atoms with van der Waals surface area (Å²) in [5.74, 6) is -0.245. The second-order valence-corrected chi connectivity index (χ2v) is 8.81. The Morgan fingerprint density at radius 2 is 2.00 bits per heavy atom. The Morgan fingerprint density at radius 1 is 1.30 bits per heavy atom. The summed E-state index contributed by atoms with van der Waals surface area (Å²) in [6, 6.07) is 10.3. The lowest BCUT2D eigenvalue weighted by molar-refractivity contribution is -0.126. The van der Waals surface area contributed by atoms with Gasteiger partial charge in [-0.15, -0.1) is 0 Å². The molecule has 1 saturated heterocycles. The van der Waals surface area contributed by atoms with Gasteiger partial charge in [0.05, 0.1) is 12.2 Å². The molecule has 1 aliphatic carbocycles. The third-order valence-electron chi connectivity index (χ3n) is 5.06. The van der Waals surface area contributed by atoms with E-state index in [0.29, 0.717) is 19.6 Å². The molecule has 1 unspecified atom stereocenters. The smallest absolute Gasteiger partial charge is 0.224 e. The van der Waals surface area contributed by atoms with E-state index < -0.39 is 10.0 Å². The third-order valence-corrected chi connectivity index (χ3v) is 6.33. The van der Waals surface area contributed by atoms with Crippen LogP contribution in [0.15, 0.2) is 30.3 Å². The second-order valence-electron chi connectivity index (χ2n) is 6.82. The number of rotatable bonds is 5. The van der Waals surface area contributed by atoms with E-state index in [4.69, 9.17) is 0 Å². The highest BCUT2D eigenvalue weighted by Crippen LogP contribution is 2.47. The summed E-state index contributed by atoms with van der Waals surface area (Å²) in [5.41, 5.74) is 1.36. The maximum absolute atomic E-state index is 12.4. The predicted molar refractivity (Wildman–Crippen MR) is 89.5 cm³/mol. The first-order valence-electron chi connectivity index (χ1n) is 8.19. The van der Waals surface area contributed by atoms with Gasteiger partial charge in [0, 0.05) is 25.0 Å². The number of hydrogen-bond donors (Lipinski definition) is 1. The van der Waals surface area contributed by atoms with E-state index in [9.17, 15) is 13.2 Å². The minimum atomic E-state index is -3.21. The SMILES string of the molecule is CS(=O)(=O)N1CCCC(C(=O)NCC2(c3ccccc3)CC2)C1. The van der Waals surface area contributed by atoms with Crippen LogP contribution < -0.4 is 5.32 Å². The Morgan fingerprint density at radius 3 is 2.61 bits per heavy atom. The molecule has 1 N–H and O–H groups in total. The van der Waals surface area contributed by atoms with Gasteiger partial charge in [0.25, 0.3) is 0 Å². The highest BCUT2D eigenvalue weighted by Gasteiger charge is 2.44. The number of sulfonamides is 1. The van der Waals surface area contributed by atoms with E-state index in [0.717, 1.165) is 25.7 Å². The Balaban J connectivity index is 1.58. The van der Waals surface area contributed by atoms with E-state index in [1.165, 1.54) is 16.1 Å². The largest absolute Gasteiger partial charge is 0.355 e. The molecule has 1 heterocycles. The van der Waals surface area contributed by atoms with Crippen molar-refractivity contribution in [2.75, 3.05) is 25.9 Å². The number of carbonyl (C=O) groups excluding carboxylic acids is 1. The molecule has 0 aromatic heterocycles. The van der Waals surface area contributed by atoms with Crippen LogP contribution in [0.5, 0.6) is 0 Å². The summed E-state index contributed by atoms with van der Waals surface area (Å²) in [7, 11) is -3.21. The molecule has 1 aromatic rings. The number of hydrogen-bond acceptors (Lipinski definition) is 3. The van der Waals surface area contributed by atoms with Crippen molar-refractivity contribution < 1.29 is 13.2 Å². The van der Waals surface area contributed by atoms with Gasteiger partial charge in [-0.3, -0.25) is 4.79 Å². The average Bonchev–Trinajstić information content (AvgIpc) is 3.34. The monoisotopic (exact) mass is 336 g/mol. The first kappa shape index (κ1) is 16.5. The zero-order chi connectivity index (χ0) is 16.5. The Labute approximate surface area is 138 Å². The summed E-state index contributed by atoms with van der Waals surface area (Å²) >= 11 is 0. The number of nitrogens with one attached hydrogen (secondary N) is 1. The Bertz CT molecular complexity index is 668. The van der Waals surface area contributed by atoms with Gasteiger partial charge >= 0.3 is 0 Å². The number of amides is 1. The molecule has 2 fully saturated rings. The fraction of sp³-hybridized carbons (Fsp3) is 0.588. The van der Waals surface area contributed by atoms with E-state index in [1.54, 1.807) is 0 Å². The molecule has 1 aromatic carbocycles. The molecule has 126 valence electrons. The van der Waals surface area contributed by atoms with Crippen LogP contribution in [-0.4, -0.2) is 44.5 Å². The molecule has 1 saturated carbocycles. The standard InChI is InChI=1S/C17H24N2O3S/c1-23(21,22)19-11-5-6-14(12-19)16(20)18-13-17(9-10-17)15-7-3-2-4-8-15/h2-4,7-8,14H,5-6,9-13H2,1H3,(H,18,20). The Kier molecular flexibility index (Phi) is 4.47. The van der Waals surface area contributed by atoms with Gasteiger partial charge in [-0.2, -0.15) is 0 Å². The summed E-state index contributed by atoms with van der Waals surface area (Å²) in [6.07, 6.45) is 4.90. The number of carbonyl (C=O) groups is 1. The first-order valence-corrected chi connectivity index (χ1v) is 10.0. The van der Waals surface area contributed by atoms with Gasteiger partial charge in [0.2, 0.25) is 15.9 Å². The van der Waals surface area contributed by atoms with Crippen LogP contribution in [0.2, 0.25) is 0 Å². The number of nitrogens with zero attached hydrogens (tertiary/aromatic N) is 1. The maximum Gasteiger partial charge on any atom is 0.224 e. The molecule has 2 aliphatic rings. The van der Waals surface area contributed by atoms with Crippen molar-refractivity contribution in [1.29, 1.82) is 0 Å². The van der Waals surface area contributed by atoms with Crippen LogP contribution >= 0.6 is 0 Å². The number of piperidine rings is 1. The molecule has 3 rings (SSSR count). The van der Waals surface area contributed by atoms with Crippen molar-refractivity contribution in [1.82, 2.24) is 9.62 Å². The van der Waals surface area contributed by atoms with Crippen LogP contribution in [0.25, 0.3) is 0 Å². The normalized spacial score (nSPS) is 24.1. The van der Waals surface area contributed by atoms with Gasteiger partial charge in [0.15, 0.2) is 0 Å². The number of benzene rings is 1. The molecule has 5 nitrogen and oxygen atoms in total. The topological polar surface area (TPSA) is 66.5 Å². The van der Waals surface area contributed by atoms with Crippen LogP contribution in [0.4, 0.5) is 0 Å². The van der Waals surface area contributed by atoms with Crippen LogP contribution in [0.3, 0.4) is 0 Å². The minimum absolute atomic E-state index is 0.0134. The first-order chi connectivity index (χ1) is 10.9. The molecule has 1 atom stereocenters. The lowest BCUT2D eigenvalue weighted by Crippen LogP contribution is -2.46. The van der Waals surface area contributed by atoms with E-state index in [2.05, 4.69) is 17.4 Å². The van der Waals surface area contributed by atoms with Gasteiger partial charge in [-0.1, -0.05) is 30.3 Å². The average molecular weight is 336 g/mol. The van der Waals surface area contributed by atoms with E-state index in [-0.39, 0.29) is 17.2 Å². The van der Waals surface area contributed by atoms with Gasteiger partial charge in [-0.05, 0) is 31.2 Å². The van der Waals surface area contributed by atoms with Gasteiger partial charge < -0.3 is 5.32 Å². The quantitative estimate of drug-likeness (QED) is 0.886. The molecule has 0 bridgehead atoms. The fourth-order valence-corrected chi connectivity index (χ4v) is 4.28. The highest BCUT2D eigenvalue weighted by atomic mass is 32.2. The zero-order valence-electron chi connectivity index (χ0n) is 13.5. The van der Waals surface area contributed by atoms with Crippen molar-refractivity contribution in [3.05, 3.63) is 35.9 Å². The maximum atomic E-state index is 12.4. The Hall–Kier alpha value is -1.40. The molecule has 1 aliphatic heterocycles. The van der Waals surface area contributed by atoms with Crippen molar-refractivity contribution in [3.63, 3.8) is 0 Å². The summed E-state index contributed by atoms with van der Waals surface area (Å²) in [6.45, 7) is 1.48. The second kappa shape index (κ2) is 6.24.